The molecule has 0 aliphatic heterocycles. The van der Waals surface area contributed by atoms with E-state index >= 15 is 0 Å². The first kappa shape index (κ1) is 14.0. The molecule has 3 heteroatoms. The second kappa shape index (κ2) is 8.36. The van der Waals surface area contributed by atoms with Gasteiger partial charge in [-0.2, -0.15) is 12.6 Å². The Morgan fingerprint density at radius 2 is 1.93 bits per heavy atom. The molecule has 0 fully saturated rings. The van der Waals surface area contributed by atoms with Gasteiger partial charge in [-0.25, -0.2) is 0 Å². The molecule has 1 rings (SSSR count). The third-order valence-corrected chi connectivity index (χ3v) is 1.78. The van der Waals surface area contributed by atoms with Crippen molar-refractivity contribution in [3.63, 3.8) is 0 Å². The minimum absolute atomic E-state index is 0.254. The van der Waals surface area contributed by atoms with Crippen molar-refractivity contribution in [2.75, 3.05) is 6.61 Å². The molecule has 84 valence electrons. The first-order chi connectivity index (χ1) is 7.07. The molecule has 1 aromatic rings. The Hall–Kier alpha value is -0.960. The van der Waals surface area contributed by atoms with Crippen molar-refractivity contribution in [3.8, 4) is 0 Å². The number of ether oxygens (including phenoxy) is 1. The zero-order valence-electron chi connectivity index (χ0n) is 9.43. The number of carbonyl (C=O) groups is 1. The molecule has 0 N–H and O–H groups in total. The van der Waals surface area contributed by atoms with Gasteiger partial charge in [0.2, 0.25) is 0 Å². The van der Waals surface area contributed by atoms with Gasteiger partial charge in [0.1, 0.15) is 0 Å². The van der Waals surface area contributed by atoms with Gasteiger partial charge < -0.3 is 4.74 Å². The molecule has 0 saturated heterocycles. The van der Waals surface area contributed by atoms with E-state index in [2.05, 4.69) is 36.4 Å². The average Bonchev–Trinajstić information content (AvgIpc) is 2.20. The second-order valence-electron chi connectivity index (χ2n) is 3.08. The summed E-state index contributed by atoms with van der Waals surface area (Å²) in [4.78, 5) is 10.4. The maximum Gasteiger partial charge on any atom is 0.318 e. The summed E-state index contributed by atoms with van der Waals surface area (Å²) >= 11 is 3.85. The number of rotatable bonds is 2. The average molecular weight is 226 g/mol. The van der Waals surface area contributed by atoms with E-state index < -0.39 is 0 Å². The summed E-state index contributed by atoms with van der Waals surface area (Å²) in [5.41, 5.74) is 1.32. The van der Waals surface area contributed by atoms with Crippen molar-refractivity contribution in [1.82, 2.24) is 0 Å². The van der Waals surface area contributed by atoms with Crippen molar-refractivity contribution in [2.45, 2.75) is 26.0 Å². The fraction of sp³-hybridized carbons (Fsp3) is 0.417. The third kappa shape index (κ3) is 8.06. The van der Waals surface area contributed by atoms with Gasteiger partial charge in [-0.15, -0.1) is 0 Å². The summed E-state index contributed by atoms with van der Waals surface area (Å²) < 4.78 is 4.59. The van der Waals surface area contributed by atoms with Crippen LogP contribution >= 0.6 is 12.6 Å². The Kier molecular flexibility index (Phi) is 7.82. The number of hydrogen-bond acceptors (Lipinski definition) is 3. The summed E-state index contributed by atoms with van der Waals surface area (Å²) in [7, 11) is 0. The lowest BCUT2D eigenvalue weighted by atomic mass is 10.2. The molecule has 0 saturated carbocycles. The summed E-state index contributed by atoms with van der Waals surface area (Å²) in [6.07, 6.45) is 0. The molecular weight excluding hydrogens is 208 g/mol. The molecule has 0 aliphatic carbocycles. The van der Waals surface area contributed by atoms with E-state index in [1.54, 1.807) is 13.8 Å². The zero-order valence-corrected chi connectivity index (χ0v) is 10.3. The molecule has 0 aromatic heterocycles. The Morgan fingerprint density at radius 3 is 2.13 bits per heavy atom. The molecule has 15 heavy (non-hydrogen) atoms. The van der Waals surface area contributed by atoms with Crippen molar-refractivity contribution >= 4 is 18.6 Å². The van der Waals surface area contributed by atoms with E-state index in [1.165, 1.54) is 5.56 Å². The fourth-order valence-electron chi connectivity index (χ4n) is 0.797. The van der Waals surface area contributed by atoms with Crippen molar-refractivity contribution in [3.05, 3.63) is 35.9 Å². The lowest BCUT2D eigenvalue weighted by Gasteiger charge is -2.01. The van der Waals surface area contributed by atoms with Gasteiger partial charge >= 0.3 is 5.97 Å². The summed E-state index contributed by atoms with van der Waals surface area (Å²) in [6, 6.07) is 10.3. The molecule has 2 nitrogen and oxygen atoms in total. The lowest BCUT2D eigenvalue weighted by Crippen LogP contribution is -2.13. The van der Waals surface area contributed by atoms with Gasteiger partial charge in [-0.3, -0.25) is 4.79 Å². The minimum Gasteiger partial charge on any atom is -0.465 e. The first-order valence-electron chi connectivity index (χ1n) is 4.94. The van der Waals surface area contributed by atoms with Crippen LogP contribution in [-0.4, -0.2) is 17.8 Å². The topological polar surface area (TPSA) is 26.3 Å². The maximum absolute atomic E-state index is 10.4. The summed E-state index contributed by atoms with van der Waals surface area (Å²) in [5.74, 6) is -0.254. The molecule has 0 radical (unpaired) electrons. The number of esters is 1. The predicted octanol–water partition coefficient (Wildman–Crippen LogP) is 2.86. The van der Waals surface area contributed by atoms with Crippen molar-refractivity contribution in [2.24, 2.45) is 0 Å². The lowest BCUT2D eigenvalue weighted by molar-refractivity contribution is -0.142. The fourth-order valence-corrected chi connectivity index (χ4v) is 0.872. The standard InChI is InChI=1S/C7H8.C5H10O2S/c1-7-5-3-2-4-6-7;1-3-7-5(6)4(2)8/h2-6H,1H3;4,8H,3H2,1-2H3. The Morgan fingerprint density at radius 1 is 1.40 bits per heavy atom. The number of carbonyl (C=O) groups excluding carboxylic acids is 1. The minimum atomic E-state index is -0.296. The number of benzene rings is 1. The van der Waals surface area contributed by atoms with Crippen LogP contribution in [0.1, 0.15) is 19.4 Å². The molecule has 0 heterocycles. The van der Waals surface area contributed by atoms with E-state index in [9.17, 15) is 4.79 Å². The highest BCUT2D eigenvalue weighted by Gasteiger charge is 2.06. The SMILES string of the molecule is CCOC(=O)C(C)S.Cc1ccccc1. The van der Waals surface area contributed by atoms with Crippen LogP contribution in [-0.2, 0) is 9.53 Å². The van der Waals surface area contributed by atoms with Crippen molar-refractivity contribution in [1.29, 1.82) is 0 Å². The van der Waals surface area contributed by atoms with Crippen molar-refractivity contribution < 1.29 is 9.53 Å². The largest absolute Gasteiger partial charge is 0.465 e. The second-order valence-corrected chi connectivity index (χ2v) is 3.86. The van der Waals surface area contributed by atoms with E-state index in [0.29, 0.717) is 6.61 Å². The van der Waals surface area contributed by atoms with Crippen LogP contribution in [0.15, 0.2) is 30.3 Å². The summed E-state index contributed by atoms with van der Waals surface area (Å²) in [5, 5.41) is -0.296. The van der Waals surface area contributed by atoms with E-state index in [1.807, 2.05) is 18.2 Å². The zero-order chi connectivity index (χ0) is 11.7. The Balaban J connectivity index is 0.000000262. The molecular formula is C12H18O2S. The predicted molar refractivity (Wildman–Crippen MR) is 66.3 cm³/mol. The third-order valence-electron chi connectivity index (χ3n) is 1.57. The smallest absolute Gasteiger partial charge is 0.318 e. The molecule has 1 aromatic carbocycles. The van der Waals surface area contributed by atoms with Gasteiger partial charge in [-0.1, -0.05) is 35.9 Å². The van der Waals surface area contributed by atoms with E-state index in [0.717, 1.165) is 0 Å². The van der Waals surface area contributed by atoms with E-state index in [4.69, 9.17) is 0 Å². The van der Waals surface area contributed by atoms with Gasteiger partial charge in [0.15, 0.2) is 0 Å². The first-order valence-corrected chi connectivity index (χ1v) is 5.46. The van der Waals surface area contributed by atoms with Crippen LogP contribution in [0.25, 0.3) is 0 Å². The van der Waals surface area contributed by atoms with Gasteiger partial charge in [-0.05, 0) is 20.8 Å². The maximum atomic E-state index is 10.4. The highest BCUT2D eigenvalue weighted by Crippen LogP contribution is 1.94. The monoisotopic (exact) mass is 226 g/mol. The quantitative estimate of drug-likeness (QED) is 0.620. The molecule has 0 bridgehead atoms. The summed E-state index contributed by atoms with van der Waals surface area (Å²) in [6.45, 7) is 5.97. The highest BCUT2D eigenvalue weighted by molar-refractivity contribution is 7.81. The number of aryl methyl sites for hydroxylation is 1. The molecule has 0 amide bonds. The van der Waals surface area contributed by atoms with Crippen LogP contribution in [0.4, 0.5) is 0 Å². The van der Waals surface area contributed by atoms with Crippen LogP contribution < -0.4 is 0 Å². The van der Waals surface area contributed by atoms with Gasteiger partial charge in [0.25, 0.3) is 0 Å². The molecule has 0 aliphatic rings. The van der Waals surface area contributed by atoms with Crippen LogP contribution in [0.2, 0.25) is 0 Å². The highest BCUT2D eigenvalue weighted by atomic mass is 32.1. The molecule has 1 unspecified atom stereocenters. The van der Waals surface area contributed by atoms with Gasteiger partial charge in [0.05, 0.1) is 11.9 Å². The Bertz CT molecular complexity index is 270. The van der Waals surface area contributed by atoms with E-state index in [-0.39, 0.29) is 11.2 Å². The number of thiol groups is 1. The van der Waals surface area contributed by atoms with Crippen LogP contribution in [0.3, 0.4) is 0 Å². The van der Waals surface area contributed by atoms with Gasteiger partial charge in [0, 0.05) is 0 Å². The normalized spacial score (nSPS) is 10.9. The van der Waals surface area contributed by atoms with Crippen LogP contribution in [0.5, 0.6) is 0 Å². The molecule has 1 atom stereocenters. The Labute approximate surface area is 97.1 Å². The number of hydrogen-bond donors (Lipinski definition) is 1. The van der Waals surface area contributed by atoms with Crippen LogP contribution in [0, 0.1) is 6.92 Å². The molecule has 0 spiro atoms.